The maximum absolute atomic E-state index is 11.1. The van der Waals surface area contributed by atoms with Crippen molar-refractivity contribution in [2.24, 2.45) is 0 Å². The van der Waals surface area contributed by atoms with Gasteiger partial charge in [0.15, 0.2) is 0 Å². The van der Waals surface area contributed by atoms with E-state index in [1.807, 2.05) is 0 Å². The van der Waals surface area contributed by atoms with Crippen molar-refractivity contribution < 1.29 is 72.2 Å². The Kier molecular flexibility index (Phi) is 26.6. The molecule has 0 aliphatic heterocycles. The molecule has 0 atom stereocenters. The monoisotopic (exact) mass is 408 g/mol. The summed E-state index contributed by atoms with van der Waals surface area (Å²) in [6.07, 6.45) is 22.7. The van der Waals surface area contributed by atoms with Crippen molar-refractivity contribution >= 4 is 11.9 Å². The molecule has 0 saturated carbocycles. The normalized spacial score (nSPS) is 10.7. The Morgan fingerprint density at radius 2 is 1.07 bits per heavy atom. The number of carboxylic acids is 1. The van der Waals surface area contributed by atoms with Crippen LogP contribution in [0, 0.1) is 0 Å². The van der Waals surface area contributed by atoms with Crippen molar-refractivity contribution in [1.29, 1.82) is 0 Å². The fraction of sp³-hybridized carbons (Fsp3) is 0.818. The van der Waals surface area contributed by atoms with Gasteiger partial charge in [-0.1, -0.05) is 103 Å². The van der Waals surface area contributed by atoms with Gasteiger partial charge in [0.05, 0.1) is 6.61 Å². The van der Waals surface area contributed by atoms with Crippen LogP contribution in [0.4, 0.5) is 0 Å². The van der Waals surface area contributed by atoms with Crippen molar-refractivity contribution in [3.8, 4) is 0 Å². The van der Waals surface area contributed by atoms with E-state index in [2.05, 4.69) is 6.92 Å². The molecule has 4 nitrogen and oxygen atoms in total. The summed E-state index contributed by atoms with van der Waals surface area (Å²) in [4.78, 5) is 21.4. The van der Waals surface area contributed by atoms with Crippen molar-refractivity contribution in [2.45, 2.75) is 110 Å². The number of carbonyl (C=O) groups excluding carboxylic acids is 1. The topological polar surface area (TPSA) is 63.6 Å². The molecule has 0 aliphatic carbocycles. The van der Waals surface area contributed by atoms with E-state index < -0.39 is 11.9 Å². The van der Waals surface area contributed by atoms with Gasteiger partial charge < -0.3 is 11.3 Å². The van der Waals surface area contributed by atoms with Crippen LogP contribution in [-0.2, 0) is 14.3 Å². The summed E-state index contributed by atoms with van der Waals surface area (Å²) in [5.41, 5.74) is 0. The number of hydrogen-bond donors (Lipinski definition) is 1. The van der Waals surface area contributed by atoms with Crippen LogP contribution in [0.2, 0.25) is 0 Å². The van der Waals surface area contributed by atoms with Gasteiger partial charge in [-0.05, 0) is 6.42 Å². The van der Waals surface area contributed by atoms with Gasteiger partial charge in [0.1, 0.15) is 0 Å². The zero-order valence-electron chi connectivity index (χ0n) is 18.8. The number of unbranched alkanes of at least 4 members (excludes halogenated alkanes) is 15. The molecule has 27 heavy (non-hydrogen) atoms. The van der Waals surface area contributed by atoms with E-state index in [0.29, 0.717) is 6.61 Å². The molecule has 0 radical (unpaired) electrons. The number of ether oxygens (including phenoxy) is 1. The molecule has 0 fully saturated rings. The first-order chi connectivity index (χ1) is 12.7. The van der Waals surface area contributed by atoms with Crippen molar-refractivity contribution in [2.75, 3.05) is 6.61 Å². The third-order valence-electron chi connectivity index (χ3n) is 4.60. The summed E-state index contributed by atoms with van der Waals surface area (Å²) >= 11 is 0. The van der Waals surface area contributed by atoms with Gasteiger partial charge in [-0.25, -0.2) is 9.59 Å². The van der Waals surface area contributed by atoms with Crippen molar-refractivity contribution in [1.82, 2.24) is 0 Å². The Morgan fingerprint density at radius 3 is 1.44 bits per heavy atom. The largest absolute Gasteiger partial charge is 1.00 e. The Bertz CT molecular complexity index is 376. The second kappa shape index (κ2) is 24.4. The predicted octanol–water partition coefficient (Wildman–Crippen LogP) is 3.55. The van der Waals surface area contributed by atoms with E-state index in [0.717, 1.165) is 25.0 Å². The van der Waals surface area contributed by atoms with Gasteiger partial charge in [0.2, 0.25) is 0 Å². The minimum absolute atomic E-state index is 0. The summed E-state index contributed by atoms with van der Waals surface area (Å²) in [6.45, 7) is 2.64. The van der Waals surface area contributed by atoms with Gasteiger partial charge in [-0.3, -0.25) is 0 Å². The summed E-state index contributed by atoms with van der Waals surface area (Å²) in [5, 5.41) is 8.39. The van der Waals surface area contributed by atoms with Gasteiger partial charge in [-0.15, -0.1) is 0 Å². The fourth-order valence-corrected chi connectivity index (χ4v) is 3.01. The van der Waals surface area contributed by atoms with Gasteiger partial charge in [0.25, 0.3) is 0 Å². The van der Waals surface area contributed by atoms with Gasteiger partial charge >= 0.3 is 63.3 Å². The van der Waals surface area contributed by atoms with Crippen LogP contribution in [-0.4, -0.2) is 23.7 Å². The number of aliphatic carboxylic acids is 1. The van der Waals surface area contributed by atoms with E-state index in [1.54, 1.807) is 0 Å². The van der Waals surface area contributed by atoms with E-state index in [9.17, 15) is 9.59 Å². The van der Waals surface area contributed by atoms with Crippen molar-refractivity contribution in [3.63, 3.8) is 0 Å². The summed E-state index contributed by atoms with van der Waals surface area (Å²) < 4.78 is 4.92. The molecule has 0 aromatic rings. The molecule has 1 N–H and O–H groups in total. The molecule has 0 rings (SSSR count). The Balaban J connectivity index is -0.00000312. The fourth-order valence-electron chi connectivity index (χ4n) is 3.01. The predicted molar refractivity (Wildman–Crippen MR) is 108 cm³/mol. The third-order valence-corrected chi connectivity index (χ3v) is 4.60. The average molecular weight is 409 g/mol. The summed E-state index contributed by atoms with van der Waals surface area (Å²) in [7, 11) is 0. The Hall–Kier alpha value is 0.316. The van der Waals surface area contributed by atoms with E-state index >= 15 is 0 Å². The molecule has 0 aliphatic rings. The van der Waals surface area contributed by atoms with Gasteiger partial charge in [0, 0.05) is 12.2 Å². The standard InChI is InChI=1S/C22H40O4.K.H/c1-2-3-4-5-6-7-8-9-10-11-12-13-14-15-16-17-20-26-22(25)19-18-21(23)24;;/h18-19H,2-17,20H2,1H3,(H,23,24);;/q;+1;-1/b19-18+;;. The van der Waals surface area contributed by atoms with E-state index in [-0.39, 0.29) is 52.8 Å². The molecule has 0 spiro atoms. The molecule has 154 valence electrons. The first kappa shape index (κ1) is 29.5. The van der Waals surface area contributed by atoms with Crippen LogP contribution < -0.4 is 51.4 Å². The first-order valence-electron chi connectivity index (χ1n) is 10.7. The first-order valence-corrected chi connectivity index (χ1v) is 10.7. The minimum Gasteiger partial charge on any atom is -1.00 e. The van der Waals surface area contributed by atoms with E-state index in [4.69, 9.17) is 9.84 Å². The smallest absolute Gasteiger partial charge is 1.00 e. The van der Waals surface area contributed by atoms with Crippen LogP contribution >= 0.6 is 0 Å². The number of rotatable bonds is 19. The Labute approximate surface area is 210 Å². The van der Waals surface area contributed by atoms with Crippen LogP contribution in [0.1, 0.15) is 111 Å². The molecule has 5 heteroatoms. The molecule has 0 bridgehead atoms. The number of carbonyl (C=O) groups is 2. The summed E-state index contributed by atoms with van der Waals surface area (Å²) in [5.74, 6) is -1.71. The molecular formula is C22H41KO4. The second-order valence-corrected chi connectivity index (χ2v) is 7.14. The van der Waals surface area contributed by atoms with Crippen LogP contribution in [0.5, 0.6) is 0 Å². The molecular weight excluding hydrogens is 367 g/mol. The quantitative estimate of drug-likeness (QED) is 0.154. The van der Waals surface area contributed by atoms with Crippen LogP contribution in [0.15, 0.2) is 12.2 Å². The number of carboxylic acid groups (broad SMARTS) is 1. The average Bonchev–Trinajstić information content (AvgIpc) is 2.62. The summed E-state index contributed by atoms with van der Waals surface area (Å²) in [6, 6.07) is 0. The SMILES string of the molecule is CCCCCCCCCCCCCCCCCCOC(=O)/C=C/C(=O)O.[H-].[K+]. The molecule has 0 heterocycles. The third kappa shape index (κ3) is 26.3. The zero-order valence-corrected chi connectivity index (χ0v) is 21.0. The van der Waals surface area contributed by atoms with E-state index in [1.165, 1.54) is 89.9 Å². The minimum atomic E-state index is -1.13. The van der Waals surface area contributed by atoms with Crippen LogP contribution in [0.25, 0.3) is 0 Å². The molecule has 0 saturated heterocycles. The second-order valence-electron chi connectivity index (χ2n) is 7.14. The number of hydrogen-bond acceptors (Lipinski definition) is 3. The molecule has 0 aromatic heterocycles. The maximum atomic E-state index is 11.1. The molecule has 0 aromatic carbocycles. The van der Waals surface area contributed by atoms with Gasteiger partial charge in [-0.2, -0.15) is 0 Å². The maximum Gasteiger partial charge on any atom is 1.00 e. The van der Waals surface area contributed by atoms with Crippen molar-refractivity contribution in [3.05, 3.63) is 12.2 Å². The molecule has 0 amide bonds. The zero-order chi connectivity index (χ0) is 19.3. The van der Waals surface area contributed by atoms with Crippen LogP contribution in [0.3, 0.4) is 0 Å². The molecule has 0 unspecified atom stereocenters. The Morgan fingerprint density at radius 1 is 0.704 bits per heavy atom. The number of esters is 1.